The van der Waals surface area contributed by atoms with Crippen molar-refractivity contribution in [1.29, 1.82) is 0 Å². The Morgan fingerprint density at radius 2 is 1.68 bits per heavy atom. The summed E-state index contributed by atoms with van der Waals surface area (Å²) < 4.78 is 41.2. The summed E-state index contributed by atoms with van der Waals surface area (Å²) in [4.78, 5) is 12.0. The van der Waals surface area contributed by atoms with Gasteiger partial charge in [0.05, 0.1) is 24.0 Å². The molecule has 3 aliphatic rings. The third-order valence-corrected chi connectivity index (χ3v) is 10.3. The Morgan fingerprint density at radius 3 is 2.44 bits per heavy atom. The number of carbonyl (C=O) groups is 1. The van der Waals surface area contributed by atoms with Gasteiger partial charge in [0.2, 0.25) is 0 Å². The molecule has 0 N–H and O–H groups in total. The molecule has 0 bridgehead atoms. The molecule has 0 aromatic heterocycles. The molecule has 3 aromatic rings. The van der Waals surface area contributed by atoms with Crippen LogP contribution in [0.4, 0.5) is 0 Å². The van der Waals surface area contributed by atoms with Crippen LogP contribution >= 0.6 is 0 Å². The van der Waals surface area contributed by atoms with Gasteiger partial charge >= 0.3 is 5.97 Å². The Kier molecular flexibility index (Phi) is 7.82. The molecule has 6 rings (SSSR count). The summed E-state index contributed by atoms with van der Waals surface area (Å²) in [6.45, 7) is 4.88. The van der Waals surface area contributed by atoms with E-state index in [0.29, 0.717) is 26.1 Å². The van der Waals surface area contributed by atoms with Gasteiger partial charge in [0.25, 0.3) is 0 Å². The van der Waals surface area contributed by atoms with E-state index in [4.69, 9.17) is 14.2 Å². The molecule has 6 nitrogen and oxygen atoms in total. The lowest BCUT2D eigenvalue weighted by atomic mass is 9.91. The Balaban J connectivity index is 1.14. The number of aryl methyl sites for hydroxylation is 3. The number of sulfone groups is 1. The van der Waals surface area contributed by atoms with Gasteiger partial charge in [-0.05, 0) is 128 Å². The standard InChI is InChI=1S/C34H38O6S/c1-3-38-34(35)32-20-30(32)25-9-11-27(12-10-25)39-21-23-7-8-24-5-4-6-26-19-29(17-22(2)33(26)31(24)18-23)40-28-13-15-41(36,37)16-14-28/h7-12,17-19,28,30,32H,3-6,13-16,20-21H2,1-2H3/t30-,32+/m1/s1. The van der Waals surface area contributed by atoms with Crippen molar-refractivity contribution in [3.8, 4) is 22.6 Å². The monoisotopic (exact) mass is 574 g/mol. The van der Waals surface area contributed by atoms with E-state index in [1.807, 2.05) is 19.1 Å². The first-order valence-electron chi connectivity index (χ1n) is 14.8. The summed E-state index contributed by atoms with van der Waals surface area (Å²) in [5, 5.41) is 0. The van der Waals surface area contributed by atoms with Crippen LogP contribution in [0, 0.1) is 12.8 Å². The first-order chi connectivity index (χ1) is 19.8. The van der Waals surface area contributed by atoms with Gasteiger partial charge in [0, 0.05) is 0 Å². The van der Waals surface area contributed by atoms with Crippen molar-refractivity contribution in [3.05, 3.63) is 82.4 Å². The Hall–Kier alpha value is -3.32. The number of fused-ring (bicyclic) bond motifs is 3. The van der Waals surface area contributed by atoms with E-state index in [1.54, 1.807) is 0 Å². The van der Waals surface area contributed by atoms with Gasteiger partial charge in [0.1, 0.15) is 24.2 Å². The van der Waals surface area contributed by atoms with E-state index in [1.165, 1.54) is 27.8 Å². The molecule has 1 saturated carbocycles. The number of hydrogen-bond donors (Lipinski definition) is 0. The Labute approximate surface area is 242 Å². The van der Waals surface area contributed by atoms with Gasteiger partial charge in [0.15, 0.2) is 9.84 Å². The van der Waals surface area contributed by atoms with E-state index >= 15 is 0 Å². The molecule has 2 aliphatic carbocycles. The fourth-order valence-corrected chi connectivity index (χ4v) is 7.79. The third kappa shape index (κ3) is 6.30. The SMILES string of the molecule is CCOC(=O)[C@H]1C[C@@H]1c1ccc(OCc2ccc3c(c2)-c2c(C)cc(OC4CCS(=O)(=O)CC4)cc2CCC3)cc1. The zero-order valence-corrected chi connectivity index (χ0v) is 24.7. The number of carbonyl (C=O) groups excluding carboxylic acids is 1. The van der Waals surface area contributed by atoms with Crippen LogP contribution < -0.4 is 9.47 Å². The van der Waals surface area contributed by atoms with Gasteiger partial charge in [-0.15, -0.1) is 0 Å². The highest BCUT2D eigenvalue weighted by Gasteiger charge is 2.45. The van der Waals surface area contributed by atoms with Crippen molar-refractivity contribution in [2.75, 3.05) is 18.1 Å². The predicted molar refractivity (Wildman–Crippen MR) is 159 cm³/mol. The molecule has 41 heavy (non-hydrogen) atoms. The molecule has 1 saturated heterocycles. The van der Waals surface area contributed by atoms with Crippen molar-refractivity contribution in [2.45, 2.75) is 71.0 Å². The second kappa shape index (κ2) is 11.5. The van der Waals surface area contributed by atoms with Gasteiger partial charge in [-0.25, -0.2) is 8.42 Å². The van der Waals surface area contributed by atoms with Crippen LogP contribution in [-0.4, -0.2) is 38.6 Å². The molecule has 1 heterocycles. The molecule has 0 spiro atoms. The first-order valence-corrected chi connectivity index (χ1v) is 16.6. The average molecular weight is 575 g/mol. The molecule has 3 aromatic carbocycles. The number of benzene rings is 3. The molecule has 216 valence electrons. The van der Waals surface area contributed by atoms with E-state index in [9.17, 15) is 13.2 Å². The minimum atomic E-state index is -2.91. The molecule has 0 radical (unpaired) electrons. The highest BCUT2D eigenvalue weighted by molar-refractivity contribution is 7.91. The Morgan fingerprint density at radius 1 is 0.927 bits per heavy atom. The zero-order valence-electron chi connectivity index (χ0n) is 23.9. The summed E-state index contributed by atoms with van der Waals surface area (Å²) >= 11 is 0. The number of ether oxygens (including phenoxy) is 3. The smallest absolute Gasteiger partial charge is 0.309 e. The molecule has 2 atom stereocenters. The first kappa shape index (κ1) is 27.8. The number of rotatable bonds is 8. The van der Waals surface area contributed by atoms with Crippen LogP contribution in [0.3, 0.4) is 0 Å². The maximum absolute atomic E-state index is 12.0. The lowest BCUT2D eigenvalue weighted by Crippen LogP contribution is -2.30. The normalized spacial score (nSPS) is 21.2. The number of esters is 1. The second-order valence-electron chi connectivity index (χ2n) is 11.6. The van der Waals surface area contributed by atoms with Gasteiger partial charge < -0.3 is 14.2 Å². The van der Waals surface area contributed by atoms with E-state index in [0.717, 1.165) is 48.3 Å². The van der Waals surface area contributed by atoms with Crippen molar-refractivity contribution in [3.63, 3.8) is 0 Å². The van der Waals surface area contributed by atoms with E-state index < -0.39 is 9.84 Å². The minimum Gasteiger partial charge on any atom is -0.490 e. The van der Waals surface area contributed by atoms with Crippen molar-refractivity contribution in [1.82, 2.24) is 0 Å². The highest BCUT2D eigenvalue weighted by atomic mass is 32.2. The quantitative estimate of drug-likeness (QED) is 0.292. The van der Waals surface area contributed by atoms with E-state index in [2.05, 4.69) is 49.4 Å². The molecular formula is C34H38O6S. The maximum Gasteiger partial charge on any atom is 0.309 e. The Bertz CT molecular complexity index is 1530. The molecule has 0 unspecified atom stereocenters. The van der Waals surface area contributed by atoms with Gasteiger partial charge in [-0.3, -0.25) is 4.79 Å². The highest BCUT2D eigenvalue weighted by Crippen LogP contribution is 2.48. The topological polar surface area (TPSA) is 78.9 Å². The lowest BCUT2D eigenvalue weighted by molar-refractivity contribution is -0.144. The summed E-state index contributed by atoms with van der Waals surface area (Å²) in [5.74, 6) is 2.22. The molecule has 2 fully saturated rings. The predicted octanol–water partition coefficient (Wildman–Crippen LogP) is 6.35. The van der Waals surface area contributed by atoms with Crippen LogP contribution in [0.5, 0.6) is 11.5 Å². The summed E-state index contributed by atoms with van der Waals surface area (Å²) in [7, 11) is -2.91. The van der Waals surface area contributed by atoms with Crippen LogP contribution in [0.2, 0.25) is 0 Å². The van der Waals surface area contributed by atoms with Crippen LogP contribution in [-0.2, 0) is 38.8 Å². The summed E-state index contributed by atoms with van der Waals surface area (Å²) in [6.07, 6.45) is 5.01. The molecule has 1 aliphatic heterocycles. The van der Waals surface area contributed by atoms with Crippen LogP contribution in [0.25, 0.3) is 11.1 Å². The minimum absolute atomic E-state index is 0.0126. The lowest BCUT2D eigenvalue weighted by Gasteiger charge is -2.24. The maximum atomic E-state index is 12.0. The zero-order chi connectivity index (χ0) is 28.6. The van der Waals surface area contributed by atoms with E-state index in [-0.39, 0.29) is 35.4 Å². The number of hydrogen-bond acceptors (Lipinski definition) is 6. The average Bonchev–Trinajstić information content (AvgIpc) is 3.77. The summed E-state index contributed by atoms with van der Waals surface area (Å²) in [5.41, 5.74) is 8.64. The molecule has 0 amide bonds. The van der Waals surface area contributed by atoms with Crippen LogP contribution in [0.1, 0.15) is 66.3 Å². The van der Waals surface area contributed by atoms with Crippen LogP contribution in [0.15, 0.2) is 54.6 Å². The largest absolute Gasteiger partial charge is 0.490 e. The van der Waals surface area contributed by atoms with Crippen molar-refractivity contribution >= 4 is 15.8 Å². The van der Waals surface area contributed by atoms with Gasteiger partial charge in [-0.2, -0.15) is 0 Å². The van der Waals surface area contributed by atoms with Gasteiger partial charge in [-0.1, -0.05) is 24.3 Å². The fraction of sp³-hybridized carbons (Fsp3) is 0.441. The van der Waals surface area contributed by atoms with Crippen molar-refractivity contribution in [2.24, 2.45) is 5.92 Å². The fourth-order valence-electron chi connectivity index (χ4n) is 6.34. The molecular weight excluding hydrogens is 536 g/mol. The molecule has 7 heteroatoms. The second-order valence-corrected chi connectivity index (χ2v) is 14.0. The third-order valence-electron chi connectivity index (χ3n) is 8.62. The summed E-state index contributed by atoms with van der Waals surface area (Å²) in [6, 6.07) is 19.0. The van der Waals surface area contributed by atoms with Crippen molar-refractivity contribution < 1.29 is 27.4 Å².